The Morgan fingerprint density at radius 3 is 3.03 bits per heavy atom. The monoisotopic (exact) mass is 447 g/mol. The molecule has 1 amide bonds. The molecule has 1 aliphatic rings. The van der Waals surface area contributed by atoms with Crippen LogP contribution in [0.25, 0.3) is 5.65 Å². The van der Waals surface area contributed by atoms with Gasteiger partial charge in [0.25, 0.3) is 5.91 Å². The van der Waals surface area contributed by atoms with Gasteiger partial charge in [-0.15, -0.1) is 0 Å². The van der Waals surface area contributed by atoms with Crippen molar-refractivity contribution in [2.75, 3.05) is 23.4 Å². The fourth-order valence-corrected chi connectivity index (χ4v) is 3.99. The molecule has 11 nitrogen and oxygen atoms in total. The molecule has 1 aliphatic heterocycles. The molecule has 4 aromatic heterocycles. The van der Waals surface area contributed by atoms with E-state index in [0.717, 1.165) is 30.7 Å². The minimum atomic E-state index is -0.353. The zero-order chi connectivity index (χ0) is 22.8. The quantitative estimate of drug-likeness (QED) is 0.338. The number of aromatic nitrogens is 6. The average molecular weight is 448 g/mol. The SMILES string of the molecule is C[C@H](CO)NC(=O)c1cc(Nc2nc(N3CCCC3c3ccccn3)nc3cccn23)n[nH]1. The second kappa shape index (κ2) is 8.87. The van der Waals surface area contributed by atoms with Gasteiger partial charge in [-0.1, -0.05) is 6.07 Å². The minimum Gasteiger partial charge on any atom is -0.394 e. The highest BCUT2D eigenvalue weighted by atomic mass is 16.3. The van der Waals surface area contributed by atoms with Gasteiger partial charge in [-0.2, -0.15) is 15.1 Å². The Balaban J connectivity index is 1.43. The highest BCUT2D eigenvalue weighted by Gasteiger charge is 2.29. The molecule has 2 atom stereocenters. The predicted molar refractivity (Wildman–Crippen MR) is 122 cm³/mol. The normalized spacial score (nSPS) is 16.8. The first-order chi connectivity index (χ1) is 16.1. The summed E-state index contributed by atoms with van der Waals surface area (Å²) < 4.78 is 1.83. The zero-order valence-corrected chi connectivity index (χ0v) is 18.1. The molecule has 0 aromatic carbocycles. The van der Waals surface area contributed by atoms with E-state index in [4.69, 9.17) is 15.1 Å². The van der Waals surface area contributed by atoms with Crippen molar-refractivity contribution in [1.29, 1.82) is 0 Å². The maximum absolute atomic E-state index is 12.3. The van der Waals surface area contributed by atoms with Crippen LogP contribution in [0.2, 0.25) is 0 Å². The van der Waals surface area contributed by atoms with E-state index in [1.165, 1.54) is 0 Å². The van der Waals surface area contributed by atoms with E-state index < -0.39 is 0 Å². The van der Waals surface area contributed by atoms with Crippen molar-refractivity contribution in [1.82, 2.24) is 34.9 Å². The fraction of sp³-hybridized carbons (Fsp3) is 0.318. The largest absolute Gasteiger partial charge is 0.394 e. The van der Waals surface area contributed by atoms with Gasteiger partial charge in [0.05, 0.1) is 18.3 Å². The summed E-state index contributed by atoms with van der Waals surface area (Å²) in [5.74, 6) is 1.25. The Hall–Kier alpha value is -3.99. The number of nitrogens with zero attached hydrogens (tertiary/aromatic N) is 6. The molecular formula is C22H25N9O2. The molecule has 1 unspecified atom stereocenters. The molecule has 0 aliphatic carbocycles. The van der Waals surface area contributed by atoms with Gasteiger partial charge in [-0.25, -0.2) is 0 Å². The second-order valence-corrected chi connectivity index (χ2v) is 8.04. The smallest absolute Gasteiger partial charge is 0.269 e. The van der Waals surface area contributed by atoms with Crippen LogP contribution in [-0.4, -0.2) is 59.8 Å². The van der Waals surface area contributed by atoms with E-state index in [1.807, 2.05) is 47.1 Å². The van der Waals surface area contributed by atoms with Crippen LogP contribution >= 0.6 is 0 Å². The second-order valence-electron chi connectivity index (χ2n) is 8.04. The Labute approximate surface area is 189 Å². The van der Waals surface area contributed by atoms with E-state index in [9.17, 15) is 4.79 Å². The third kappa shape index (κ3) is 4.22. The van der Waals surface area contributed by atoms with E-state index in [1.54, 1.807) is 13.0 Å². The fourth-order valence-electron chi connectivity index (χ4n) is 3.99. The molecule has 0 spiro atoms. The third-order valence-electron chi connectivity index (χ3n) is 5.63. The van der Waals surface area contributed by atoms with Gasteiger partial charge < -0.3 is 20.6 Å². The van der Waals surface area contributed by atoms with E-state index in [2.05, 4.69) is 30.7 Å². The molecule has 11 heteroatoms. The highest BCUT2D eigenvalue weighted by molar-refractivity contribution is 5.93. The van der Waals surface area contributed by atoms with Crippen LogP contribution in [-0.2, 0) is 0 Å². The van der Waals surface area contributed by atoms with Gasteiger partial charge in [-0.3, -0.25) is 19.3 Å². The summed E-state index contributed by atoms with van der Waals surface area (Å²) in [5.41, 5.74) is 2.04. The minimum absolute atomic E-state index is 0.116. The standard InChI is InChI=1S/C22H25N9O2/c1-14(13-32)24-20(33)16-12-18(29-28-16)25-21-27-22(26-19-8-5-11-31(19)21)30-10-4-7-17(30)15-6-2-3-9-23-15/h2-3,5-6,8-9,11-12,14,17,32H,4,7,10,13H2,1H3,(H,24,33)(H2,25,26,27,28,29)/t14-,17?/m1/s1. The number of fused-ring (bicyclic) bond motifs is 1. The van der Waals surface area contributed by atoms with Gasteiger partial charge >= 0.3 is 0 Å². The summed E-state index contributed by atoms with van der Waals surface area (Å²) in [6.45, 7) is 2.42. The van der Waals surface area contributed by atoms with Gasteiger partial charge in [-0.05, 0) is 44.0 Å². The predicted octanol–water partition coefficient (Wildman–Crippen LogP) is 2.04. The number of aromatic amines is 1. The Bertz CT molecular complexity index is 1250. The van der Waals surface area contributed by atoms with Crippen LogP contribution in [0.1, 0.15) is 42.0 Å². The van der Waals surface area contributed by atoms with Crippen molar-refractivity contribution in [2.24, 2.45) is 0 Å². The van der Waals surface area contributed by atoms with Crippen molar-refractivity contribution in [3.63, 3.8) is 0 Å². The third-order valence-corrected chi connectivity index (χ3v) is 5.63. The molecule has 0 radical (unpaired) electrons. The van der Waals surface area contributed by atoms with E-state index >= 15 is 0 Å². The molecule has 5 heterocycles. The summed E-state index contributed by atoms with van der Waals surface area (Å²) in [6, 6.07) is 11.1. The number of aliphatic hydroxyl groups excluding tert-OH is 1. The van der Waals surface area contributed by atoms with Crippen LogP contribution in [0, 0.1) is 0 Å². The first-order valence-corrected chi connectivity index (χ1v) is 10.9. The Kier molecular flexibility index (Phi) is 5.61. The molecule has 4 aromatic rings. The number of aliphatic hydroxyl groups is 1. The van der Waals surface area contributed by atoms with Crippen molar-refractivity contribution >= 4 is 29.3 Å². The topological polar surface area (TPSA) is 136 Å². The summed E-state index contributed by atoms with van der Waals surface area (Å²) >= 11 is 0. The van der Waals surface area contributed by atoms with Gasteiger partial charge in [0, 0.05) is 31.0 Å². The number of hydrogen-bond donors (Lipinski definition) is 4. The van der Waals surface area contributed by atoms with Crippen molar-refractivity contribution in [3.05, 3.63) is 60.2 Å². The number of hydrogen-bond acceptors (Lipinski definition) is 8. The molecule has 33 heavy (non-hydrogen) atoms. The Morgan fingerprint density at radius 1 is 1.30 bits per heavy atom. The van der Waals surface area contributed by atoms with Gasteiger partial charge in [0.2, 0.25) is 11.9 Å². The Morgan fingerprint density at radius 2 is 2.21 bits per heavy atom. The number of pyridine rings is 1. The molecular weight excluding hydrogens is 422 g/mol. The number of amides is 1. The highest BCUT2D eigenvalue weighted by Crippen LogP contribution is 2.34. The molecule has 0 saturated carbocycles. The summed E-state index contributed by atoms with van der Waals surface area (Å²) in [4.78, 5) is 28.6. The number of anilines is 3. The van der Waals surface area contributed by atoms with Gasteiger partial charge in [0.15, 0.2) is 5.82 Å². The van der Waals surface area contributed by atoms with Crippen LogP contribution in [0.5, 0.6) is 0 Å². The van der Waals surface area contributed by atoms with Gasteiger partial charge in [0.1, 0.15) is 11.3 Å². The van der Waals surface area contributed by atoms with E-state index in [0.29, 0.717) is 17.7 Å². The molecule has 1 saturated heterocycles. The van der Waals surface area contributed by atoms with Crippen molar-refractivity contribution in [2.45, 2.75) is 31.8 Å². The van der Waals surface area contributed by atoms with Crippen LogP contribution < -0.4 is 15.5 Å². The number of carbonyl (C=O) groups is 1. The van der Waals surface area contributed by atoms with Crippen LogP contribution in [0.4, 0.5) is 17.7 Å². The lowest BCUT2D eigenvalue weighted by atomic mass is 10.1. The lowest BCUT2D eigenvalue weighted by Crippen LogP contribution is -2.35. The summed E-state index contributed by atoms with van der Waals surface area (Å²) in [5, 5.41) is 21.9. The van der Waals surface area contributed by atoms with Crippen LogP contribution in [0.3, 0.4) is 0 Å². The lowest BCUT2D eigenvalue weighted by Gasteiger charge is -2.24. The summed E-state index contributed by atoms with van der Waals surface area (Å²) in [7, 11) is 0. The maximum Gasteiger partial charge on any atom is 0.269 e. The molecule has 170 valence electrons. The summed E-state index contributed by atoms with van der Waals surface area (Å²) in [6.07, 6.45) is 5.69. The number of H-pyrrole nitrogens is 1. The van der Waals surface area contributed by atoms with Crippen molar-refractivity contribution in [3.8, 4) is 0 Å². The molecule has 5 rings (SSSR count). The van der Waals surface area contributed by atoms with Crippen molar-refractivity contribution < 1.29 is 9.90 Å². The first-order valence-electron chi connectivity index (χ1n) is 10.9. The molecule has 1 fully saturated rings. The number of nitrogens with one attached hydrogen (secondary N) is 3. The van der Waals surface area contributed by atoms with E-state index in [-0.39, 0.29) is 30.3 Å². The maximum atomic E-state index is 12.3. The lowest BCUT2D eigenvalue weighted by molar-refractivity contribution is 0.0917. The van der Waals surface area contributed by atoms with Crippen LogP contribution in [0.15, 0.2) is 48.8 Å². The number of rotatable bonds is 7. The number of carbonyl (C=O) groups excluding carboxylic acids is 1. The molecule has 0 bridgehead atoms. The zero-order valence-electron chi connectivity index (χ0n) is 18.1. The average Bonchev–Trinajstić information content (AvgIpc) is 3.59. The first kappa shape index (κ1) is 20.9. The molecule has 4 N–H and O–H groups in total.